The van der Waals surface area contributed by atoms with Crippen molar-refractivity contribution in [2.45, 2.75) is 25.3 Å². The van der Waals surface area contributed by atoms with Gasteiger partial charge in [-0.25, -0.2) is 18.9 Å². The summed E-state index contributed by atoms with van der Waals surface area (Å²) in [5.41, 5.74) is 12.0. The van der Waals surface area contributed by atoms with Gasteiger partial charge in [-0.05, 0) is 23.8 Å². The highest BCUT2D eigenvalue weighted by molar-refractivity contribution is 6.03. The molecule has 0 radical (unpaired) electrons. The number of nitrogens with one attached hydrogen (secondary N) is 1. The van der Waals surface area contributed by atoms with E-state index in [-0.39, 0.29) is 34.7 Å². The summed E-state index contributed by atoms with van der Waals surface area (Å²) in [4.78, 5) is 41.3. The number of nitrogens with zero attached hydrogens (tertiary/aromatic N) is 6. The first-order valence-corrected chi connectivity index (χ1v) is 12.4. The smallest absolute Gasteiger partial charge is 0.410 e. The average molecular weight is 604 g/mol. The molecule has 2 aromatic heterocycles. The zero-order valence-electron chi connectivity index (χ0n) is 22.7. The molecule has 1 unspecified atom stereocenters. The molecule has 0 aliphatic heterocycles. The minimum absolute atomic E-state index is 0.00275. The van der Waals surface area contributed by atoms with Crippen molar-refractivity contribution in [3.8, 4) is 17.0 Å². The molecule has 0 saturated heterocycles. The van der Waals surface area contributed by atoms with Crippen LogP contribution in [0.2, 0.25) is 0 Å². The van der Waals surface area contributed by atoms with Gasteiger partial charge < -0.3 is 26.4 Å². The third-order valence-electron chi connectivity index (χ3n) is 6.43. The van der Waals surface area contributed by atoms with E-state index in [9.17, 15) is 31.9 Å². The van der Waals surface area contributed by atoms with Gasteiger partial charge in [-0.3, -0.25) is 9.59 Å². The number of benzene rings is 2. The molecule has 1 atom stereocenters. The Morgan fingerprint density at radius 2 is 1.84 bits per heavy atom. The third kappa shape index (κ3) is 6.55. The van der Waals surface area contributed by atoms with E-state index >= 15 is 0 Å². The van der Waals surface area contributed by atoms with E-state index < -0.39 is 48.2 Å². The molecule has 5 N–H and O–H groups in total. The van der Waals surface area contributed by atoms with E-state index in [1.54, 1.807) is 12.1 Å². The van der Waals surface area contributed by atoms with Gasteiger partial charge in [0, 0.05) is 19.2 Å². The van der Waals surface area contributed by atoms with Crippen LogP contribution in [0, 0.1) is 5.82 Å². The molecule has 0 aliphatic carbocycles. The van der Waals surface area contributed by atoms with Crippen molar-refractivity contribution in [1.82, 2.24) is 34.8 Å². The summed E-state index contributed by atoms with van der Waals surface area (Å²) in [6, 6.07) is 6.14. The Morgan fingerprint density at radius 3 is 2.42 bits per heavy atom. The van der Waals surface area contributed by atoms with Crippen LogP contribution in [0.1, 0.15) is 26.3 Å². The highest BCUT2D eigenvalue weighted by atomic mass is 19.4. The minimum atomic E-state index is -4.92. The summed E-state index contributed by atoms with van der Waals surface area (Å²) in [6.45, 7) is -0.933. The average Bonchev–Trinajstić information content (AvgIpc) is 3.62. The fourth-order valence-corrected chi connectivity index (χ4v) is 4.19. The Kier molecular flexibility index (Phi) is 8.63. The highest BCUT2D eigenvalue weighted by Gasteiger charge is 2.45. The lowest BCUT2D eigenvalue weighted by atomic mass is 10.0. The summed E-state index contributed by atoms with van der Waals surface area (Å²) >= 11 is 0. The lowest BCUT2D eigenvalue weighted by molar-refractivity contribution is -0.177. The first-order valence-electron chi connectivity index (χ1n) is 12.4. The summed E-state index contributed by atoms with van der Waals surface area (Å²) in [5.74, 6) is -2.49. The Balaban J connectivity index is 1.56. The van der Waals surface area contributed by atoms with Crippen molar-refractivity contribution >= 4 is 23.7 Å². The van der Waals surface area contributed by atoms with Crippen LogP contribution in [-0.2, 0) is 13.1 Å². The summed E-state index contributed by atoms with van der Waals surface area (Å²) in [5, 5.41) is 10.3. The molecule has 17 heteroatoms. The van der Waals surface area contributed by atoms with Gasteiger partial charge in [-0.1, -0.05) is 24.3 Å². The van der Waals surface area contributed by atoms with Gasteiger partial charge in [0.2, 0.25) is 0 Å². The maximum absolute atomic E-state index is 14.1. The first kappa shape index (κ1) is 30.5. The van der Waals surface area contributed by atoms with E-state index in [0.29, 0.717) is 15.1 Å². The topological polar surface area (TPSA) is 176 Å². The molecule has 0 spiro atoms. The number of hydrogen-bond acceptors (Lipinski definition) is 8. The normalized spacial score (nSPS) is 12.0. The Morgan fingerprint density at radius 1 is 1.14 bits per heavy atom. The number of halogens is 4. The number of aromatic nitrogens is 5. The van der Waals surface area contributed by atoms with Gasteiger partial charge >= 0.3 is 12.2 Å². The van der Waals surface area contributed by atoms with Gasteiger partial charge in [0.15, 0.2) is 0 Å². The van der Waals surface area contributed by atoms with Crippen LogP contribution in [0.25, 0.3) is 11.3 Å². The van der Waals surface area contributed by atoms with Crippen LogP contribution in [0.5, 0.6) is 5.75 Å². The third-order valence-corrected chi connectivity index (χ3v) is 6.43. The second kappa shape index (κ2) is 12.2. The number of primary amides is 1. The number of ether oxygens (including phenoxy) is 1. The lowest BCUT2D eigenvalue weighted by Gasteiger charge is -2.29. The molecular weight excluding hydrogens is 578 g/mol. The minimum Gasteiger partial charge on any atom is -0.496 e. The molecule has 0 bridgehead atoms. The van der Waals surface area contributed by atoms with Gasteiger partial charge in [-0.2, -0.15) is 28.1 Å². The number of amides is 3. The van der Waals surface area contributed by atoms with E-state index in [4.69, 9.17) is 16.2 Å². The fraction of sp³-hybridized carbons (Fsp3) is 0.231. The van der Waals surface area contributed by atoms with Crippen LogP contribution in [0.3, 0.4) is 0 Å². The second-order valence-corrected chi connectivity index (χ2v) is 9.17. The second-order valence-electron chi connectivity index (χ2n) is 9.17. The SMILES string of the molecule is COc1ccc(F)cc1C(=O)NCc1ccc(-c2nn(CC(N(C)C(=O)n3cncn3)C(F)(F)F)c(N)c2C(N)=O)cc1. The molecule has 43 heavy (non-hydrogen) atoms. The van der Waals surface area contributed by atoms with E-state index in [2.05, 4.69) is 20.5 Å². The van der Waals surface area contributed by atoms with Crippen molar-refractivity contribution in [3.05, 3.63) is 77.6 Å². The van der Waals surface area contributed by atoms with Gasteiger partial charge in [0.1, 0.15) is 47.3 Å². The van der Waals surface area contributed by atoms with Crippen LogP contribution >= 0.6 is 0 Å². The zero-order chi connectivity index (χ0) is 31.5. The van der Waals surface area contributed by atoms with E-state index in [1.807, 2.05) is 0 Å². The first-order chi connectivity index (χ1) is 20.3. The molecule has 0 saturated carbocycles. The molecular formula is C26H25F4N9O4. The monoisotopic (exact) mass is 603 g/mol. The molecule has 0 aliphatic rings. The van der Waals surface area contributed by atoms with Crippen LogP contribution in [0.4, 0.5) is 28.2 Å². The summed E-state index contributed by atoms with van der Waals surface area (Å²) in [7, 11) is 2.27. The predicted octanol–water partition coefficient (Wildman–Crippen LogP) is 2.43. The number of nitrogens with two attached hydrogens (primary N) is 2. The number of carbonyl (C=O) groups is 3. The number of anilines is 1. The quantitative estimate of drug-likeness (QED) is 0.244. The van der Waals surface area contributed by atoms with Crippen molar-refractivity contribution < 1.29 is 36.7 Å². The largest absolute Gasteiger partial charge is 0.496 e. The molecule has 3 amide bonds. The number of methoxy groups -OCH3 is 1. The predicted molar refractivity (Wildman–Crippen MR) is 143 cm³/mol. The maximum atomic E-state index is 14.1. The zero-order valence-corrected chi connectivity index (χ0v) is 22.7. The molecule has 4 aromatic rings. The fourth-order valence-electron chi connectivity index (χ4n) is 4.19. The molecule has 226 valence electrons. The summed E-state index contributed by atoms with van der Waals surface area (Å²) < 4.78 is 62.3. The van der Waals surface area contributed by atoms with Crippen molar-refractivity contribution in [1.29, 1.82) is 0 Å². The van der Waals surface area contributed by atoms with Crippen LogP contribution in [0.15, 0.2) is 55.1 Å². The Hall–Kier alpha value is -5.48. The Bertz CT molecular complexity index is 1640. The number of alkyl halides is 3. The van der Waals surface area contributed by atoms with Crippen molar-refractivity contribution in [2.75, 3.05) is 19.9 Å². The van der Waals surface area contributed by atoms with Crippen molar-refractivity contribution in [2.24, 2.45) is 5.73 Å². The number of likely N-dealkylation sites (N-methyl/N-ethyl adjacent to an activating group) is 1. The van der Waals surface area contributed by atoms with E-state index in [0.717, 1.165) is 36.5 Å². The molecule has 4 rings (SSSR count). The lowest BCUT2D eigenvalue weighted by Crippen LogP contribution is -2.50. The standard InChI is InChI=1S/C26H25F4N9O4/c1-37(25(42)39-13-33-12-35-39)19(26(28,29)30)11-38-22(31)20(23(32)40)21(36-38)15-5-3-14(4-6-15)10-34-24(41)17-9-16(27)7-8-18(17)43-2/h3-9,12-13,19H,10-11,31H2,1-2H3,(H2,32,40)(H,34,41). The molecule has 2 heterocycles. The number of carbonyl (C=O) groups excluding carboxylic acids is 3. The van der Waals surface area contributed by atoms with Crippen molar-refractivity contribution in [3.63, 3.8) is 0 Å². The highest BCUT2D eigenvalue weighted by Crippen LogP contribution is 2.31. The van der Waals surface area contributed by atoms with Gasteiger partial charge in [-0.15, -0.1) is 0 Å². The number of rotatable bonds is 9. The summed E-state index contributed by atoms with van der Waals surface area (Å²) in [6.07, 6.45) is -2.98. The van der Waals surface area contributed by atoms with Crippen LogP contribution < -0.4 is 21.5 Å². The molecule has 2 aromatic carbocycles. The Labute approximate surface area is 241 Å². The van der Waals surface area contributed by atoms with Gasteiger partial charge in [0.25, 0.3) is 11.8 Å². The molecule has 0 fully saturated rings. The van der Waals surface area contributed by atoms with E-state index in [1.165, 1.54) is 25.3 Å². The maximum Gasteiger partial charge on any atom is 0.410 e. The van der Waals surface area contributed by atoms with Gasteiger partial charge in [0.05, 0.1) is 19.2 Å². The molecule has 13 nitrogen and oxygen atoms in total. The number of hydrogen-bond donors (Lipinski definition) is 3. The number of nitrogen functional groups attached to an aromatic ring is 1. The van der Waals surface area contributed by atoms with Crippen LogP contribution in [-0.4, -0.2) is 73.7 Å².